The molecule has 0 unspecified atom stereocenters. The number of benzene rings is 1. The Bertz CT molecular complexity index is 841. The van der Waals surface area contributed by atoms with Crippen LogP contribution in [0.5, 0.6) is 0 Å². The van der Waals surface area contributed by atoms with E-state index in [0.29, 0.717) is 10.6 Å². The van der Waals surface area contributed by atoms with E-state index in [1.165, 1.54) is 6.92 Å². The standard InChI is InChI=1S/C14H13Cl2N3O3S/c1-2-23(21,22)14-18-8-11(16)12(19-14)13(20)17-7-9-5-3-4-6-10(9)15/h3-6,8H,2,7H2,1H3,(H,17,20). The number of hydrogen-bond acceptors (Lipinski definition) is 5. The molecule has 1 heterocycles. The van der Waals surface area contributed by atoms with Gasteiger partial charge in [0.2, 0.25) is 15.0 Å². The lowest BCUT2D eigenvalue weighted by atomic mass is 10.2. The van der Waals surface area contributed by atoms with E-state index in [0.717, 1.165) is 6.20 Å². The van der Waals surface area contributed by atoms with Crippen molar-refractivity contribution >= 4 is 38.9 Å². The highest BCUT2D eigenvalue weighted by molar-refractivity contribution is 7.91. The largest absolute Gasteiger partial charge is 0.347 e. The Morgan fingerprint density at radius 2 is 1.91 bits per heavy atom. The van der Waals surface area contributed by atoms with E-state index in [9.17, 15) is 13.2 Å². The Morgan fingerprint density at radius 1 is 1.22 bits per heavy atom. The van der Waals surface area contributed by atoms with Crippen molar-refractivity contribution in [3.8, 4) is 0 Å². The highest BCUT2D eigenvalue weighted by Gasteiger charge is 2.20. The van der Waals surface area contributed by atoms with E-state index in [2.05, 4.69) is 15.3 Å². The van der Waals surface area contributed by atoms with Crippen molar-refractivity contribution in [1.82, 2.24) is 15.3 Å². The van der Waals surface area contributed by atoms with E-state index in [1.54, 1.807) is 24.3 Å². The number of nitrogens with zero attached hydrogens (tertiary/aromatic N) is 2. The highest BCUT2D eigenvalue weighted by atomic mass is 35.5. The summed E-state index contributed by atoms with van der Waals surface area (Å²) in [7, 11) is -3.63. The van der Waals surface area contributed by atoms with Crippen molar-refractivity contribution in [1.29, 1.82) is 0 Å². The summed E-state index contributed by atoms with van der Waals surface area (Å²) in [6.07, 6.45) is 1.10. The Hall–Kier alpha value is -1.70. The maximum absolute atomic E-state index is 12.2. The Morgan fingerprint density at radius 3 is 2.57 bits per heavy atom. The first-order valence-electron chi connectivity index (χ1n) is 6.62. The topological polar surface area (TPSA) is 89.0 Å². The summed E-state index contributed by atoms with van der Waals surface area (Å²) < 4.78 is 23.6. The number of carbonyl (C=O) groups is 1. The molecule has 1 N–H and O–H groups in total. The van der Waals surface area contributed by atoms with Gasteiger partial charge >= 0.3 is 0 Å². The van der Waals surface area contributed by atoms with E-state index >= 15 is 0 Å². The zero-order valence-electron chi connectivity index (χ0n) is 12.1. The van der Waals surface area contributed by atoms with Crippen molar-refractivity contribution in [3.63, 3.8) is 0 Å². The summed E-state index contributed by atoms with van der Waals surface area (Å²) in [5.74, 6) is -0.778. The third kappa shape index (κ3) is 4.19. The molecule has 0 saturated heterocycles. The maximum Gasteiger partial charge on any atom is 0.271 e. The number of nitrogens with one attached hydrogen (secondary N) is 1. The Balaban J connectivity index is 2.22. The first-order chi connectivity index (χ1) is 10.8. The van der Waals surface area contributed by atoms with Crippen LogP contribution in [0, 0.1) is 0 Å². The molecular weight excluding hydrogens is 361 g/mol. The van der Waals surface area contributed by atoms with Crippen LogP contribution in [0.4, 0.5) is 0 Å². The zero-order chi connectivity index (χ0) is 17.0. The molecule has 0 spiro atoms. The van der Waals surface area contributed by atoms with Gasteiger partial charge in [0.1, 0.15) is 0 Å². The van der Waals surface area contributed by atoms with E-state index in [-0.39, 0.29) is 23.0 Å². The molecule has 0 aliphatic rings. The molecule has 0 radical (unpaired) electrons. The molecule has 0 aliphatic heterocycles. The van der Waals surface area contributed by atoms with Gasteiger partial charge in [-0.25, -0.2) is 18.4 Å². The van der Waals surface area contributed by atoms with Gasteiger partial charge in [0.15, 0.2) is 5.69 Å². The maximum atomic E-state index is 12.2. The van der Waals surface area contributed by atoms with Crippen LogP contribution in [0.25, 0.3) is 0 Å². The quantitative estimate of drug-likeness (QED) is 0.813. The van der Waals surface area contributed by atoms with Crippen molar-refractivity contribution in [3.05, 3.63) is 51.8 Å². The van der Waals surface area contributed by atoms with Gasteiger partial charge in [-0.2, -0.15) is 0 Å². The number of rotatable bonds is 5. The summed E-state index contributed by atoms with van der Waals surface area (Å²) in [5.41, 5.74) is 0.523. The van der Waals surface area contributed by atoms with E-state index in [1.807, 2.05) is 0 Å². The average molecular weight is 374 g/mol. The molecule has 122 valence electrons. The molecule has 2 rings (SSSR count). The van der Waals surface area contributed by atoms with Crippen LogP contribution in [0.1, 0.15) is 23.0 Å². The monoisotopic (exact) mass is 373 g/mol. The van der Waals surface area contributed by atoms with Gasteiger partial charge in [0.05, 0.1) is 17.0 Å². The number of halogens is 2. The lowest BCUT2D eigenvalue weighted by molar-refractivity contribution is 0.0945. The van der Waals surface area contributed by atoms with Crippen LogP contribution < -0.4 is 5.32 Å². The van der Waals surface area contributed by atoms with Gasteiger partial charge < -0.3 is 5.32 Å². The van der Waals surface area contributed by atoms with Gasteiger partial charge in [-0.3, -0.25) is 4.79 Å². The van der Waals surface area contributed by atoms with Crippen LogP contribution in [0.3, 0.4) is 0 Å². The highest BCUT2D eigenvalue weighted by Crippen LogP contribution is 2.17. The summed E-state index contributed by atoms with van der Waals surface area (Å²) in [6.45, 7) is 1.62. The molecule has 1 aromatic carbocycles. The number of hydrogen-bond donors (Lipinski definition) is 1. The minimum absolute atomic E-state index is 0.0308. The Labute approximate surface area is 143 Å². The molecule has 9 heteroatoms. The van der Waals surface area contributed by atoms with Crippen molar-refractivity contribution in [2.45, 2.75) is 18.6 Å². The van der Waals surface area contributed by atoms with Gasteiger partial charge in [0, 0.05) is 11.6 Å². The molecular formula is C14H13Cl2N3O3S. The molecule has 0 fully saturated rings. The first kappa shape index (κ1) is 17.7. The number of carbonyl (C=O) groups excluding carboxylic acids is 1. The van der Waals surface area contributed by atoms with Crippen molar-refractivity contribution in [2.75, 3.05) is 5.75 Å². The first-order valence-corrected chi connectivity index (χ1v) is 9.03. The molecule has 0 bridgehead atoms. The SMILES string of the molecule is CCS(=O)(=O)c1ncc(Cl)c(C(=O)NCc2ccccc2Cl)n1. The van der Waals surface area contributed by atoms with Crippen LogP contribution in [-0.2, 0) is 16.4 Å². The molecule has 2 aromatic rings. The second-order valence-electron chi connectivity index (χ2n) is 4.53. The second kappa shape index (κ2) is 7.25. The molecule has 0 atom stereocenters. The van der Waals surface area contributed by atoms with E-state index in [4.69, 9.17) is 23.2 Å². The fraction of sp³-hybridized carbons (Fsp3) is 0.214. The summed E-state index contributed by atoms with van der Waals surface area (Å²) in [6, 6.07) is 7.03. The van der Waals surface area contributed by atoms with Gasteiger partial charge in [-0.15, -0.1) is 0 Å². The molecule has 1 aromatic heterocycles. The normalized spacial score (nSPS) is 11.3. The smallest absolute Gasteiger partial charge is 0.271 e. The fourth-order valence-electron chi connectivity index (χ4n) is 1.69. The molecule has 0 aliphatic carbocycles. The van der Waals surface area contributed by atoms with Gasteiger partial charge in [0.25, 0.3) is 5.91 Å². The fourth-order valence-corrected chi connectivity index (χ4v) is 2.77. The lowest BCUT2D eigenvalue weighted by Crippen LogP contribution is -2.25. The minimum atomic E-state index is -3.63. The van der Waals surface area contributed by atoms with Crippen LogP contribution in [0.15, 0.2) is 35.6 Å². The Kier molecular flexibility index (Phi) is 5.56. The van der Waals surface area contributed by atoms with Gasteiger partial charge in [-0.1, -0.05) is 48.3 Å². The number of sulfone groups is 1. The van der Waals surface area contributed by atoms with Gasteiger partial charge in [-0.05, 0) is 11.6 Å². The van der Waals surface area contributed by atoms with Crippen LogP contribution in [-0.4, -0.2) is 30.0 Å². The van der Waals surface area contributed by atoms with Crippen molar-refractivity contribution in [2.24, 2.45) is 0 Å². The summed E-state index contributed by atoms with van der Waals surface area (Å²) in [5, 5.41) is 2.66. The van der Waals surface area contributed by atoms with Crippen molar-refractivity contribution < 1.29 is 13.2 Å². The predicted octanol–water partition coefficient (Wildman–Crippen LogP) is 2.51. The summed E-state index contributed by atoms with van der Waals surface area (Å²) >= 11 is 11.9. The van der Waals surface area contributed by atoms with Crippen LogP contribution >= 0.6 is 23.2 Å². The minimum Gasteiger partial charge on any atom is -0.347 e. The summed E-state index contributed by atoms with van der Waals surface area (Å²) in [4.78, 5) is 19.6. The lowest BCUT2D eigenvalue weighted by Gasteiger charge is -2.08. The molecule has 23 heavy (non-hydrogen) atoms. The zero-order valence-corrected chi connectivity index (χ0v) is 14.4. The average Bonchev–Trinajstić information content (AvgIpc) is 2.54. The molecule has 1 amide bonds. The molecule has 0 saturated carbocycles. The predicted molar refractivity (Wildman–Crippen MR) is 87.4 cm³/mol. The third-order valence-electron chi connectivity index (χ3n) is 2.99. The molecule has 6 nitrogen and oxygen atoms in total. The van der Waals surface area contributed by atoms with Crippen LogP contribution in [0.2, 0.25) is 10.0 Å². The number of amides is 1. The third-order valence-corrected chi connectivity index (χ3v) is 5.15. The second-order valence-corrected chi connectivity index (χ2v) is 7.51. The van der Waals surface area contributed by atoms with E-state index < -0.39 is 20.9 Å². The number of aromatic nitrogens is 2.